The van der Waals surface area contributed by atoms with Crippen LogP contribution in [0.15, 0.2) is 18.2 Å². The molecule has 1 N–H and O–H groups in total. The Morgan fingerprint density at radius 2 is 2.14 bits per heavy atom. The van der Waals surface area contributed by atoms with Gasteiger partial charge in [0.1, 0.15) is 17.5 Å². The minimum absolute atomic E-state index is 0.0438. The molecular formula is C17H25NO4. The van der Waals surface area contributed by atoms with Gasteiger partial charge >= 0.3 is 5.97 Å². The van der Waals surface area contributed by atoms with Crippen LogP contribution in [0, 0.1) is 0 Å². The third-order valence-electron chi connectivity index (χ3n) is 4.42. The molecule has 0 spiro atoms. The molecule has 1 fully saturated rings. The largest absolute Gasteiger partial charge is 0.497 e. The van der Waals surface area contributed by atoms with E-state index in [0.717, 1.165) is 42.9 Å². The molecule has 1 aromatic carbocycles. The molecule has 122 valence electrons. The average molecular weight is 307 g/mol. The number of benzene rings is 1. The molecule has 1 aromatic rings. The van der Waals surface area contributed by atoms with E-state index < -0.39 is 12.0 Å². The Hall–Kier alpha value is -1.75. The lowest BCUT2D eigenvalue weighted by atomic mass is 9.94. The summed E-state index contributed by atoms with van der Waals surface area (Å²) in [5, 5.41) is 9.52. The second-order valence-corrected chi connectivity index (χ2v) is 5.62. The van der Waals surface area contributed by atoms with Gasteiger partial charge in [-0.2, -0.15) is 0 Å². The number of carbonyl (C=O) groups is 1. The Morgan fingerprint density at radius 1 is 1.36 bits per heavy atom. The molecule has 1 saturated heterocycles. The quantitative estimate of drug-likeness (QED) is 0.875. The van der Waals surface area contributed by atoms with Gasteiger partial charge in [-0.3, -0.25) is 9.69 Å². The molecule has 1 aliphatic heterocycles. The Labute approximate surface area is 131 Å². The van der Waals surface area contributed by atoms with Gasteiger partial charge in [-0.15, -0.1) is 0 Å². The van der Waals surface area contributed by atoms with Crippen molar-refractivity contribution in [2.75, 3.05) is 20.8 Å². The van der Waals surface area contributed by atoms with E-state index in [2.05, 4.69) is 11.8 Å². The van der Waals surface area contributed by atoms with Crippen molar-refractivity contribution in [2.45, 2.75) is 44.7 Å². The summed E-state index contributed by atoms with van der Waals surface area (Å²) in [6, 6.07) is 5.38. The number of hydrogen-bond donors (Lipinski definition) is 1. The van der Waals surface area contributed by atoms with Gasteiger partial charge < -0.3 is 14.6 Å². The molecule has 2 unspecified atom stereocenters. The van der Waals surface area contributed by atoms with Gasteiger partial charge in [-0.05, 0) is 31.9 Å². The molecule has 0 radical (unpaired) electrons. The van der Waals surface area contributed by atoms with Crippen molar-refractivity contribution >= 4 is 5.97 Å². The molecule has 1 aliphatic rings. The standard InChI is InChI=1S/C17H25NO4/c1-4-14(18-10-6-5-7-15(18)17(19)20)13-9-8-12(21-2)11-16(13)22-3/h8-9,11,14-15H,4-7,10H2,1-3H3,(H,19,20). The number of methoxy groups -OCH3 is 2. The second-order valence-electron chi connectivity index (χ2n) is 5.62. The first-order valence-corrected chi connectivity index (χ1v) is 7.82. The van der Waals surface area contributed by atoms with Crippen molar-refractivity contribution in [1.82, 2.24) is 4.90 Å². The monoisotopic (exact) mass is 307 g/mol. The highest BCUT2D eigenvalue weighted by molar-refractivity contribution is 5.73. The zero-order valence-corrected chi connectivity index (χ0v) is 13.5. The number of carboxylic acid groups (broad SMARTS) is 1. The second kappa shape index (κ2) is 7.49. The van der Waals surface area contributed by atoms with E-state index in [9.17, 15) is 9.90 Å². The molecule has 2 atom stereocenters. The summed E-state index contributed by atoms with van der Waals surface area (Å²) in [6.45, 7) is 2.90. The molecule has 0 aliphatic carbocycles. The Morgan fingerprint density at radius 3 is 2.73 bits per heavy atom. The normalized spacial score (nSPS) is 20.4. The van der Waals surface area contributed by atoms with E-state index in [1.165, 1.54) is 0 Å². The smallest absolute Gasteiger partial charge is 0.320 e. The maximum Gasteiger partial charge on any atom is 0.320 e. The van der Waals surface area contributed by atoms with E-state index >= 15 is 0 Å². The zero-order valence-electron chi connectivity index (χ0n) is 13.5. The van der Waals surface area contributed by atoms with Crippen LogP contribution in [0.25, 0.3) is 0 Å². The summed E-state index contributed by atoms with van der Waals surface area (Å²) in [6.07, 6.45) is 3.57. The molecule has 2 rings (SSSR count). The Kier molecular flexibility index (Phi) is 5.66. The molecular weight excluding hydrogens is 282 g/mol. The third kappa shape index (κ3) is 3.35. The van der Waals surface area contributed by atoms with Crippen molar-refractivity contribution < 1.29 is 19.4 Å². The first kappa shape index (κ1) is 16.6. The highest BCUT2D eigenvalue weighted by Gasteiger charge is 2.34. The van der Waals surface area contributed by atoms with Crippen molar-refractivity contribution in [3.63, 3.8) is 0 Å². The SMILES string of the molecule is CCC(c1ccc(OC)cc1OC)N1CCCCC1C(=O)O. The third-order valence-corrected chi connectivity index (χ3v) is 4.42. The lowest BCUT2D eigenvalue weighted by Crippen LogP contribution is -2.46. The molecule has 22 heavy (non-hydrogen) atoms. The highest BCUT2D eigenvalue weighted by atomic mass is 16.5. The molecule has 0 bridgehead atoms. The number of carboxylic acids is 1. The van der Waals surface area contributed by atoms with Crippen LogP contribution in [0.3, 0.4) is 0 Å². The first-order chi connectivity index (χ1) is 10.6. The minimum atomic E-state index is -0.731. The number of rotatable bonds is 6. The van der Waals surface area contributed by atoms with Gasteiger partial charge in [-0.1, -0.05) is 19.4 Å². The number of nitrogens with zero attached hydrogens (tertiary/aromatic N) is 1. The van der Waals surface area contributed by atoms with Gasteiger partial charge in [-0.25, -0.2) is 0 Å². The van der Waals surface area contributed by atoms with E-state index in [4.69, 9.17) is 9.47 Å². The summed E-state index contributed by atoms with van der Waals surface area (Å²) >= 11 is 0. The summed E-state index contributed by atoms with van der Waals surface area (Å²) in [5.74, 6) is 0.760. The van der Waals surface area contributed by atoms with Crippen LogP contribution in [0.1, 0.15) is 44.2 Å². The predicted molar refractivity (Wildman–Crippen MR) is 84.6 cm³/mol. The van der Waals surface area contributed by atoms with Crippen molar-refractivity contribution in [2.24, 2.45) is 0 Å². The first-order valence-electron chi connectivity index (χ1n) is 7.82. The van der Waals surface area contributed by atoms with Gasteiger partial charge in [0.15, 0.2) is 0 Å². The molecule has 1 heterocycles. The van der Waals surface area contributed by atoms with Crippen LogP contribution in [-0.2, 0) is 4.79 Å². The van der Waals surface area contributed by atoms with E-state index in [0.29, 0.717) is 6.42 Å². The topological polar surface area (TPSA) is 59.0 Å². The van der Waals surface area contributed by atoms with Crippen LogP contribution in [0.2, 0.25) is 0 Å². The number of aliphatic carboxylic acids is 1. The fourth-order valence-electron chi connectivity index (χ4n) is 3.32. The lowest BCUT2D eigenvalue weighted by molar-refractivity contribution is -0.146. The van der Waals surface area contributed by atoms with Crippen LogP contribution < -0.4 is 9.47 Å². The lowest BCUT2D eigenvalue weighted by Gasteiger charge is -2.39. The van der Waals surface area contributed by atoms with Crippen molar-refractivity contribution in [3.8, 4) is 11.5 Å². The van der Waals surface area contributed by atoms with Crippen LogP contribution in [0.5, 0.6) is 11.5 Å². The van der Waals surface area contributed by atoms with Gasteiger partial charge in [0.25, 0.3) is 0 Å². The number of likely N-dealkylation sites (tertiary alicyclic amines) is 1. The van der Waals surface area contributed by atoms with E-state index in [1.54, 1.807) is 14.2 Å². The molecule has 0 aromatic heterocycles. The fourth-order valence-corrected chi connectivity index (χ4v) is 3.32. The zero-order chi connectivity index (χ0) is 16.1. The van der Waals surface area contributed by atoms with Gasteiger partial charge in [0, 0.05) is 17.7 Å². The van der Waals surface area contributed by atoms with Gasteiger partial charge in [0.2, 0.25) is 0 Å². The maximum absolute atomic E-state index is 11.6. The molecule has 5 heteroatoms. The highest BCUT2D eigenvalue weighted by Crippen LogP contribution is 2.37. The van der Waals surface area contributed by atoms with E-state index in [1.807, 2.05) is 18.2 Å². The molecule has 5 nitrogen and oxygen atoms in total. The molecule has 0 amide bonds. The minimum Gasteiger partial charge on any atom is -0.497 e. The summed E-state index contributed by atoms with van der Waals surface area (Å²) in [4.78, 5) is 13.7. The maximum atomic E-state index is 11.6. The average Bonchev–Trinajstić information content (AvgIpc) is 2.56. The van der Waals surface area contributed by atoms with Crippen LogP contribution in [0.4, 0.5) is 0 Å². The predicted octanol–water partition coefficient (Wildman–Crippen LogP) is 3.09. The van der Waals surface area contributed by atoms with E-state index in [-0.39, 0.29) is 6.04 Å². The summed E-state index contributed by atoms with van der Waals surface area (Å²) < 4.78 is 10.7. The van der Waals surface area contributed by atoms with Crippen molar-refractivity contribution in [3.05, 3.63) is 23.8 Å². The fraction of sp³-hybridized carbons (Fsp3) is 0.588. The summed E-state index contributed by atoms with van der Waals surface area (Å²) in [7, 11) is 3.26. The van der Waals surface area contributed by atoms with Crippen LogP contribution in [-0.4, -0.2) is 42.8 Å². The number of ether oxygens (including phenoxy) is 2. The Bertz CT molecular complexity index is 517. The summed E-state index contributed by atoms with van der Waals surface area (Å²) in [5.41, 5.74) is 1.03. The number of piperidine rings is 1. The Balaban J connectivity index is 2.36. The molecule has 0 saturated carbocycles. The number of hydrogen-bond acceptors (Lipinski definition) is 4. The van der Waals surface area contributed by atoms with Crippen LogP contribution >= 0.6 is 0 Å². The van der Waals surface area contributed by atoms with Gasteiger partial charge in [0.05, 0.1) is 14.2 Å². The van der Waals surface area contributed by atoms with Crippen molar-refractivity contribution in [1.29, 1.82) is 0 Å².